The molecule has 0 radical (unpaired) electrons. The fraction of sp³-hybridized carbons (Fsp3) is 0.263. The van der Waals surface area contributed by atoms with E-state index in [2.05, 4.69) is 10.5 Å². The van der Waals surface area contributed by atoms with E-state index >= 15 is 0 Å². The van der Waals surface area contributed by atoms with Crippen molar-refractivity contribution in [1.82, 2.24) is 5.43 Å². The molecule has 2 aromatic rings. The average molecular weight is 361 g/mol. The Kier molecular flexibility index (Phi) is 7.29. The molecule has 0 aromatic heterocycles. The van der Waals surface area contributed by atoms with E-state index in [4.69, 9.17) is 21.1 Å². The Hall–Kier alpha value is -2.53. The molecule has 1 N–H and O–H groups in total. The van der Waals surface area contributed by atoms with E-state index in [0.29, 0.717) is 17.2 Å². The molecule has 0 fully saturated rings. The lowest BCUT2D eigenvalue weighted by atomic mass is 10.2. The zero-order valence-electron chi connectivity index (χ0n) is 14.2. The van der Waals surface area contributed by atoms with Gasteiger partial charge in [0.1, 0.15) is 11.5 Å². The second-order valence-electron chi connectivity index (χ2n) is 5.36. The lowest BCUT2D eigenvalue weighted by molar-refractivity contribution is -0.128. The van der Waals surface area contributed by atoms with Crippen LogP contribution in [0.15, 0.2) is 53.6 Å². The number of benzene rings is 2. The van der Waals surface area contributed by atoms with Crippen LogP contribution in [-0.4, -0.2) is 25.3 Å². The van der Waals surface area contributed by atoms with Crippen LogP contribution in [0.1, 0.15) is 25.3 Å². The summed E-state index contributed by atoms with van der Waals surface area (Å²) in [7, 11) is 1.61. The summed E-state index contributed by atoms with van der Waals surface area (Å²) < 4.78 is 10.8. The van der Waals surface area contributed by atoms with Crippen molar-refractivity contribution >= 4 is 23.7 Å². The van der Waals surface area contributed by atoms with E-state index in [9.17, 15) is 4.79 Å². The number of rotatable bonds is 8. The monoisotopic (exact) mass is 360 g/mol. The van der Waals surface area contributed by atoms with Gasteiger partial charge in [-0.1, -0.05) is 24.9 Å². The van der Waals surface area contributed by atoms with Crippen LogP contribution in [0.5, 0.6) is 11.5 Å². The molecule has 1 atom stereocenters. The van der Waals surface area contributed by atoms with Crippen LogP contribution in [0.3, 0.4) is 0 Å². The van der Waals surface area contributed by atoms with E-state index in [1.807, 2.05) is 31.2 Å². The van der Waals surface area contributed by atoms with Crippen molar-refractivity contribution in [1.29, 1.82) is 0 Å². The van der Waals surface area contributed by atoms with Gasteiger partial charge in [0.2, 0.25) is 0 Å². The zero-order valence-corrected chi connectivity index (χ0v) is 15.0. The molecule has 132 valence electrons. The van der Waals surface area contributed by atoms with Gasteiger partial charge in [-0.2, -0.15) is 5.10 Å². The Labute approximate surface area is 152 Å². The highest BCUT2D eigenvalue weighted by molar-refractivity contribution is 6.30. The molecule has 0 saturated carbocycles. The third-order valence-electron chi connectivity index (χ3n) is 3.44. The van der Waals surface area contributed by atoms with E-state index in [0.717, 1.165) is 17.7 Å². The maximum atomic E-state index is 12.3. The van der Waals surface area contributed by atoms with Gasteiger partial charge in [-0.3, -0.25) is 4.79 Å². The Morgan fingerprint density at radius 3 is 2.40 bits per heavy atom. The smallest absolute Gasteiger partial charge is 0.281 e. The summed E-state index contributed by atoms with van der Waals surface area (Å²) in [6.45, 7) is 1.99. The number of amides is 1. The Morgan fingerprint density at radius 1 is 1.16 bits per heavy atom. The highest BCUT2D eigenvalue weighted by Crippen LogP contribution is 2.18. The Morgan fingerprint density at radius 2 is 1.80 bits per heavy atom. The van der Waals surface area contributed by atoms with Crippen LogP contribution >= 0.6 is 11.6 Å². The lowest BCUT2D eigenvalue weighted by Gasteiger charge is -2.16. The van der Waals surface area contributed by atoms with Gasteiger partial charge in [0, 0.05) is 5.02 Å². The molecule has 0 spiro atoms. The molecule has 0 bridgehead atoms. The van der Waals surface area contributed by atoms with Crippen molar-refractivity contribution in [3.63, 3.8) is 0 Å². The van der Waals surface area contributed by atoms with Gasteiger partial charge in [-0.05, 0) is 60.5 Å². The number of ether oxygens (including phenoxy) is 2. The summed E-state index contributed by atoms with van der Waals surface area (Å²) in [5.74, 6) is 1.07. The number of carbonyl (C=O) groups is 1. The molecule has 0 heterocycles. The first-order valence-electron chi connectivity index (χ1n) is 8.01. The molecule has 2 aromatic carbocycles. The van der Waals surface area contributed by atoms with Crippen LogP contribution in [0.2, 0.25) is 5.02 Å². The number of carbonyl (C=O) groups excluding carboxylic acids is 1. The summed E-state index contributed by atoms with van der Waals surface area (Å²) >= 11 is 5.86. The number of hydrazone groups is 1. The second kappa shape index (κ2) is 9.69. The van der Waals surface area contributed by atoms with Crippen molar-refractivity contribution in [3.8, 4) is 11.5 Å². The fourth-order valence-corrected chi connectivity index (χ4v) is 2.24. The molecule has 0 aliphatic heterocycles. The maximum absolute atomic E-state index is 12.3. The minimum absolute atomic E-state index is 0.290. The van der Waals surface area contributed by atoms with E-state index < -0.39 is 6.10 Å². The molecule has 1 amide bonds. The minimum Gasteiger partial charge on any atom is -0.497 e. The van der Waals surface area contributed by atoms with Gasteiger partial charge in [0.25, 0.3) is 5.91 Å². The first kappa shape index (κ1) is 18.8. The molecule has 6 heteroatoms. The number of hydrogen-bond donors (Lipinski definition) is 1. The average Bonchev–Trinajstić information content (AvgIpc) is 2.63. The number of methoxy groups -OCH3 is 1. The number of halogens is 1. The predicted octanol–water partition coefficient (Wildman–Crippen LogP) is 4.05. The van der Waals surface area contributed by atoms with Gasteiger partial charge in [-0.25, -0.2) is 5.43 Å². The lowest BCUT2D eigenvalue weighted by Crippen LogP contribution is -2.35. The van der Waals surface area contributed by atoms with Crippen molar-refractivity contribution in [2.24, 2.45) is 5.10 Å². The third-order valence-corrected chi connectivity index (χ3v) is 3.69. The van der Waals surface area contributed by atoms with Crippen molar-refractivity contribution in [2.45, 2.75) is 25.9 Å². The highest BCUT2D eigenvalue weighted by Gasteiger charge is 2.19. The summed E-state index contributed by atoms with van der Waals surface area (Å²) in [6.07, 6.45) is 2.36. The molecule has 25 heavy (non-hydrogen) atoms. The summed E-state index contributed by atoms with van der Waals surface area (Å²) in [4.78, 5) is 12.3. The second-order valence-corrected chi connectivity index (χ2v) is 5.79. The zero-order chi connectivity index (χ0) is 18.1. The number of nitrogens with one attached hydrogen (secondary N) is 1. The summed E-state index contributed by atoms with van der Waals surface area (Å²) in [5, 5.41) is 4.61. The normalized spacial score (nSPS) is 12.0. The molecule has 0 aliphatic carbocycles. The van der Waals surface area contributed by atoms with Gasteiger partial charge >= 0.3 is 0 Å². The molecular weight excluding hydrogens is 340 g/mol. The molecule has 5 nitrogen and oxygen atoms in total. The van der Waals surface area contributed by atoms with Crippen LogP contribution in [0, 0.1) is 0 Å². The molecule has 0 aliphatic rings. The molecule has 2 rings (SSSR count). The van der Waals surface area contributed by atoms with E-state index in [-0.39, 0.29) is 5.91 Å². The summed E-state index contributed by atoms with van der Waals surface area (Å²) in [5.41, 5.74) is 3.38. The molecular formula is C19H21ClN2O3. The number of hydrogen-bond acceptors (Lipinski definition) is 4. The van der Waals surface area contributed by atoms with E-state index in [1.165, 1.54) is 0 Å². The molecule has 1 unspecified atom stereocenters. The predicted molar refractivity (Wildman–Crippen MR) is 99.5 cm³/mol. The minimum atomic E-state index is -0.612. The third kappa shape index (κ3) is 6.12. The molecule has 0 saturated heterocycles. The first-order chi connectivity index (χ1) is 12.1. The van der Waals surface area contributed by atoms with Crippen molar-refractivity contribution in [2.75, 3.05) is 7.11 Å². The summed E-state index contributed by atoms with van der Waals surface area (Å²) in [6, 6.07) is 14.3. The van der Waals surface area contributed by atoms with Gasteiger partial charge in [0.15, 0.2) is 6.10 Å². The number of nitrogens with zero attached hydrogens (tertiary/aromatic N) is 1. The van der Waals surface area contributed by atoms with Crippen LogP contribution in [-0.2, 0) is 4.79 Å². The topological polar surface area (TPSA) is 59.9 Å². The first-order valence-corrected chi connectivity index (χ1v) is 8.39. The maximum Gasteiger partial charge on any atom is 0.281 e. The largest absolute Gasteiger partial charge is 0.497 e. The highest BCUT2D eigenvalue weighted by atomic mass is 35.5. The van der Waals surface area contributed by atoms with Gasteiger partial charge in [-0.15, -0.1) is 0 Å². The van der Waals surface area contributed by atoms with Gasteiger partial charge in [0.05, 0.1) is 13.3 Å². The van der Waals surface area contributed by atoms with Crippen LogP contribution in [0.4, 0.5) is 0 Å². The quantitative estimate of drug-likeness (QED) is 0.570. The fourth-order valence-electron chi connectivity index (χ4n) is 2.12. The van der Waals surface area contributed by atoms with Gasteiger partial charge < -0.3 is 9.47 Å². The van der Waals surface area contributed by atoms with Crippen molar-refractivity contribution in [3.05, 3.63) is 59.1 Å². The van der Waals surface area contributed by atoms with E-state index in [1.54, 1.807) is 37.6 Å². The van der Waals surface area contributed by atoms with Crippen LogP contribution < -0.4 is 14.9 Å². The Bertz CT molecular complexity index is 700. The van der Waals surface area contributed by atoms with Crippen molar-refractivity contribution < 1.29 is 14.3 Å². The van der Waals surface area contributed by atoms with Crippen LogP contribution in [0.25, 0.3) is 0 Å². The Balaban J connectivity index is 1.94. The SMILES string of the molecule is CCCC(Oc1ccc(Cl)cc1)C(=O)NN=Cc1ccc(OC)cc1. The standard InChI is InChI=1S/C19H21ClN2O3/c1-3-4-18(25-17-11-7-15(20)8-12-17)19(23)22-21-13-14-5-9-16(24-2)10-6-14/h5-13,18H,3-4H2,1-2H3,(H,22,23).